The second-order valence-corrected chi connectivity index (χ2v) is 5.10. The summed E-state index contributed by atoms with van der Waals surface area (Å²) in [7, 11) is 2.09. The Balaban J connectivity index is 2.93. The molecule has 1 unspecified atom stereocenters. The van der Waals surface area contributed by atoms with Crippen LogP contribution in [-0.2, 0) is 6.61 Å². The molecule has 1 atom stereocenters. The van der Waals surface area contributed by atoms with Gasteiger partial charge in [-0.25, -0.2) is 0 Å². The first kappa shape index (κ1) is 13.5. The first-order chi connectivity index (χ1) is 7.60. The van der Waals surface area contributed by atoms with Gasteiger partial charge in [0.15, 0.2) is 0 Å². The van der Waals surface area contributed by atoms with Gasteiger partial charge in [-0.3, -0.25) is 0 Å². The summed E-state index contributed by atoms with van der Waals surface area (Å²) < 4.78 is 1.01. The van der Waals surface area contributed by atoms with Gasteiger partial charge in [-0.1, -0.05) is 29.3 Å². The van der Waals surface area contributed by atoms with Gasteiger partial charge in [0.05, 0.1) is 6.61 Å². The lowest BCUT2D eigenvalue weighted by Crippen LogP contribution is -2.29. The molecule has 0 aliphatic heterocycles. The van der Waals surface area contributed by atoms with E-state index in [-0.39, 0.29) is 6.61 Å². The van der Waals surface area contributed by atoms with E-state index in [2.05, 4.69) is 47.8 Å². The van der Waals surface area contributed by atoms with Crippen molar-refractivity contribution >= 4 is 21.6 Å². The molecule has 0 fully saturated rings. The van der Waals surface area contributed by atoms with Gasteiger partial charge in [0.2, 0.25) is 0 Å². The van der Waals surface area contributed by atoms with Crippen LogP contribution in [0.2, 0.25) is 0 Å². The van der Waals surface area contributed by atoms with Crippen molar-refractivity contribution in [3.05, 3.63) is 28.2 Å². The second-order valence-electron chi connectivity index (χ2n) is 4.18. The maximum Gasteiger partial charge on any atom is 0.0702 e. The average Bonchev–Trinajstić information content (AvgIpc) is 2.28. The molecule has 0 aliphatic carbocycles. The summed E-state index contributed by atoms with van der Waals surface area (Å²) in [5.41, 5.74) is 2.09. The monoisotopic (exact) mass is 285 g/mol. The van der Waals surface area contributed by atoms with E-state index >= 15 is 0 Å². The van der Waals surface area contributed by atoms with Crippen LogP contribution in [0.5, 0.6) is 0 Å². The van der Waals surface area contributed by atoms with Crippen molar-refractivity contribution in [2.75, 3.05) is 11.9 Å². The molecule has 1 aromatic carbocycles. The Labute approximate surface area is 106 Å². The van der Waals surface area contributed by atoms with E-state index in [9.17, 15) is 5.11 Å². The van der Waals surface area contributed by atoms with Crippen LogP contribution in [0.3, 0.4) is 0 Å². The molecule has 90 valence electrons. The fourth-order valence-electron chi connectivity index (χ4n) is 1.87. The van der Waals surface area contributed by atoms with E-state index in [0.29, 0.717) is 6.04 Å². The lowest BCUT2D eigenvalue weighted by atomic mass is 10.1. The van der Waals surface area contributed by atoms with Crippen molar-refractivity contribution in [3.8, 4) is 0 Å². The molecule has 0 spiro atoms. The lowest BCUT2D eigenvalue weighted by molar-refractivity contribution is 0.282. The van der Waals surface area contributed by atoms with Crippen molar-refractivity contribution in [2.45, 2.75) is 39.3 Å². The molecule has 0 aromatic heterocycles. The van der Waals surface area contributed by atoms with E-state index in [1.807, 2.05) is 12.1 Å². The number of halogens is 1. The molecular weight excluding hydrogens is 266 g/mol. The number of aliphatic hydroxyl groups is 1. The Morgan fingerprint density at radius 1 is 1.44 bits per heavy atom. The van der Waals surface area contributed by atoms with E-state index in [1.165, 1.54) is 6.42 Å². The first-order valence-electron chi connectivity index (χ1n) is 5.72. The van der Waals surface area contributed by atoms with Crippen LogP contribution in [0.4, 0.5) is 5.69 Å². The van der Waals surface area contributed by atoms with Crippen LogP contribution < -0.4 is 4.90 Å². The molecule has 1 N–H and O–H groups in total. The minimum absolute atomic E-state index is 0.0813. The molecule has 0 radical (unpaired) electrons. The third-order valence-corrected chi connectivity index (χ3v) is 3.45. The van der Waals surface area contributed by atoms with Crippen LogP contribution >= 0.6 is 15.9 Å². The summed E-state index contributed by atoms with van der Waals surface area (Å²) in [4.78, 5) is 2.24. The summed E-state index contributed by atoms with van der Waals surface area (Å²) in [5, 5.41) is 9.36. The molecular formula is C13H20BrNO. The zero-order valence-corrected chi connectivity index (χ0v) is 11.8. The van der Waals surface area contributed by atoms with E-state index in [1.54, 1.807) is 0 Å². The Morgan fingerprint density at radius 2 is 2.12 bits per heavy atom. The van der Waals surface area contributed by atoms with Crippen molar-refractivity contribution < 1.29 is 5.11 Å². The van der Waals surface area contributed by atoms with Gasteiger partial charge in [-0.15, -0.1) is 0 Å². The minimum Gasteiger partial charge on any atom is -0.392 e. The van der Waals surface area contributed by atoms with Crippen molar-refractivity contribution in [1.82, 2.24) is 0 Å². The van der Waals surface area contributed by atoms with Crippen LogP contribution in [0.15, 0.2) is 22.7 Å². The maximum absolute atomic E-state index is 9.36. The molecule has 0 saturated heterocycles. The topological polar surface area (TPSA) is 23.5 Å². The molecule has 0 heterocycles. The molecule has 16 heavy (non-hydrogen) atoms. The van der Waals surface area contributed by atoms with Gasteiger partial charge >= 0.3 is 0 Å². The Kier molecular flexibility index (Phi) is 5.29. The first-order valence-corrected chi connectivity index (χ1v) is 6.51. The number of hydrogen-bond donors (Lipinski definition) is 1. The van der Waals surface area contributed by atoms with Gasteiger partial charge in [-0.2, -0.15) is 0 Å². The molecule has 0 bridgehead atoms. The average molecular weight is 286 g/mol. The van der Waals surface area contributed by atoms with Crippen LogP contribution in [-0.4, -0.2) is 18.2 Å². The van der Waals surface area contributed by atoms with Crippen LogP contribution in [0.1, 0.15) is 32.3 Å². The van der Waals surface area contributed by atoms with E-state index in [4.69, 9.17) is 0 Å². The number of aliphatic hydroxyl groups excluding tert-OH is 1. The highest BCUT2D eigenvalue weighted by Crippen LogP contribution is 2.26. The predicted molar refractivity (Wildman–Crippen MR) is 72.8 cm³/mol. The summed E-state index contributed by atoms with van der Waals surface area (Å²) in [6, 6.07) is 6.55. The number of rotatable bonds is 5. The highest BCUT2D eigenvalue weighted by molar-refractivity contribution is 9.10. The van der Waals surface area contributed by atoms with Crippen molar-refractivity contribution in [3.63, 3.8) is 0 Å². The summed E-state index contributed by atoms with van der Waals surface area (Å²) in [6.07, 6.45) is 2.34. The number of hydrogen-bond acceptors (Lipinski definition) is 2. The minimum atomic E-state index is 0.0813. The predicted octanol–water partition coefficient (Wildman–Crippen LogP) is 3.57. The van der Waals surface area contributed by atoms with Gasteiger partial charge < -0.3 is 10.0 Å². The van der Waals surface area contributed by atoms with Gasteiger partial charge in [0.1, 0.15) is 0 Å². The zero-order valence-electron chi connectivity index (χ0n) is 10.2. The molecule has 0 amide bonds. The van der Waals surface area contributed by atoms with Crippen molar-refractivity contribution in [2.24, 2.45) is 0 Å². The standard InChI is InChI=1S/C13H20BrNO/c1-4-5-10(2)15(3)13-7-6-12(14)8-11(13)9-16/h6-8,10,16H,4-5,9H2,1-3H3. The number of benzene rings is 1. The van der Waals surface area contributed by atoms with Crippen molar-refractivity contribution in [1.29, 1.82) is 0 Å². The third kappa shape index (κ3) is 3.22. The number of nitrogens with zero attached hydrogens (tertiary/aromatic N) is 1. The SMILES string of the molecule is CCCC(C)N(C)c1ccc(Br)cc1CO. The summed E-state index contributed by atoms with van der Waals surface area (Å²) in [6.45, 7) is 4.49. The quantitative estimate of drug-likeness (QED) is 0.894. The molecule has 1 rings (SSSR count). The molecule has 0 aliphatic rings. The third-order valence-electron chi connectivity index (χ3n) is 2.96. The highest BCUT2D eigenvalue weighted by Gasteiger charge is 2.12. The van der Waals surface area contributed by atoms with Crippen LogP contribution in [0, 0.1) is 0 Å². The largest absolute Gasteiger partial charge is 0.392 e. The summed E-state index contributed by atoms with van der Waals surface area (Å²) in [5.74, 6) is 0. The molecule has 2 nitrogen and oxygen atoms in total. The smallest absolute Gasteiger partial charge is 0.0702 e. The Morgan fingerprint density at radius 3 is 2.69 bits per heavy atom. The lowest BCUT2D eigenvalue weighted by Gasteiger charge is -2.28. The maximum atomic E-state index is 9.36. The number of anilines is 1. The fraction of sp³-hybridized carbons (Fsp3) is 0.538. The van der Waals surface area contributed by atoms with Gasteiger partial charge in [0.25, 0.3) is 0 Å². The molecule has 0 saturated carbocycles. The van der Waals surface area contributed by atoms with E-state index < -0.39 is 0 Å². The van der Waals surface area contributed by atoms with Crippen LogP contribution in [0.25, 0.3) is 0 Å². The Bertz CT molecular complexity index is 341. The summed E-state index contributed by atoms with van der Waals surface area (Å²) >= 11 is 3.42. The van der Waals surface area contributed by atoms with Gasteiger partial charge in [0, 0.05) is 28.8 Å². The highest BCUT2D eigenvalue weighted by atomic mass is 79.9. The molecule has 1 aromatic rings. The van der Waals surface area contributed by atoms with Gasteiger partial charge in [-0.05, 0) is 31.5 Å². The second kappa shape index (κ2) is 6.26. The van der Waals surface area contributed by atoms with E-state index in [0.717, 1.165) is 22.1 Å². The fourth-order valence-corrected chi connectivity index (χ4v) is 2.28. The molecule has 3 heteroatoms. The normalized spacial score (nSPS) is 12.6. The Hall–Kier alpha value is -0.540. The zero-order chi connectivity index (χ0) is 12.1.